The van der Waals surface area contributed by atoms with Crippen LogP contribution in [0.5, 0.6) is 5.75 Å². The monoisotopic (exact) mass is 450 g/mol. The average molecular weight is 451 g/mol. The Kier molecular flexibility index (Phi) is 6.00. The zero-order valence-electron chi connectivity index (χ0n) is 16.5. The first-order valence-corrected chi connectivity index (χ1v) is 9.94. The highest BCUT2D eigenvalue weighted by molar-refractivity contribution is 6.39. The number of nitrogens with zero attached hydrogens (tertiary/aromatic N) is 1. The van der Waals surface area contributed by atoms with E-state index in [0.717, 1.165) is 11.6 Å². The number of carbonyl (C=O) groups excluding carboxylic acids is 3. The Morgan fingerprint density at radius 1 is 0.969 bits per heavy atom. The van der Waals surface area contributed by atoms with E-state index in [1.54, 1.807) is 12.1 Å². The van der Waals surface area contributed by atoms with Crippen molar-refractivity contribution in [1.82, 2.24) is 5.32 Å². The van der Waals surface area contributed by atoms with Crippen LogP contribution in [0.4, 0.5) is 14.9 Å². The van der Waals surface area contributed by atoms with Crippen LogP contribution in [-0.2, 0) is 16.2 Å². The van der Waals surface area contributed by atoms with E-state index in [4.69, 9.17) is 16.3 Å². The Hall–Kier alpha value is -3.97. The molecule has 0 saturated carbocycles. The minimum Gasteiger partial charge on any atom is -0.487 e. The smallest absolute Gasteiger partial charge is 0.336 e. The number of imide groups is 2. The lowest BCUT2D eigenvalue weighted by molar-refractivity contribution is -0.122. The molecule has 3 aromatic rings. The van der Waals surface area contributed by atoms with Crippen molar-refractivity contribution in [3.8, 4) is 5.75 Å². The average Bonchev–Trinajstić information content (AvgIpc) is 2.78. The SMILES string of the molecule is O=C1NC(=O)N(c2ccccc2F)C(=O)/C1=C\c1ccc(OCc2ccccc2)c(Cl)c1. The molecule has 4 amide bonds. The first kappa shape index (κ1) is 21.3. The molecule has 1 fully saturated rings. The number of nitrogens with one attached hydrogen (secondary N) is 1. The standard InChI is InChI=1S/C24H16ClFN2O4/c25-18-13-16(10-11-21(18)32-14-15-6-2-1-3-7-15)12-17-22(29)27-24(31)28(23(17)30)20-9-5-4-8-19(20)26/h1-13H,14H2,(H,27,29,31)/b17-12-. The Morgan fingerprint density at radius 3 is 2.41 bits per heavy atom. The van der Waals surface area contributed by atoms with E-state index in [1.165, 1.54) is 30.3 Å². The molecule has 1 aliphatic heterocycles. The predicted octanol–water partition coefficient (Wildman–Crippen LogP) is 4.72. The molecule has 1 aliphatic rings. The largest absolute Gasteiger partial charge is 0.487 e. The lowest BCUT2D eigenvalue weighted by Gasteiger charge is -2.26. The van der Waals surface area contributed by atoms with E-state index in [2.05, 4.69) is 5.32 Å². The highest BCUT2D eigenvalue weighted by atomic mass is 35.5. The van der Waals surface area contributed by atoms with Crippen molar-refractivity contribution in [1.29, 1.82) is 0 Å². The normalized spacial score (nSPS) is 15.1. The zero-order valence-corrected chi connectivity index (χ0v) is 17.3. The number of hydrogen-bond acceptors (Lipinski definition) is 4. The van der Waals surface area contributed by atoms with Gasteiger partial charge in [-0.15, -0.1) is 0 Å². The molecule has 0 unspecified atom stereocenters. The van der Waals surface area contributed by atoms with Gasteiger partial charge in [-0.2, -0.15) is 0 Å². The Bertz CT molecular complexity index is 1240. The van der Waals surface area contributed by atoms with Crippen LogP contribution in [0, 0.1) is 5.82 Å². The van der Waals surface area contributed by atoms with Gasteiger partial charge in [0.05, 0.1) is 10.7 Å². The maximum Gasteiger partial charge on any atom is 0.336 e. The summed E-state index contributed by atoms with van der Waals surface area (Å²) in [6, 6.07) is 18.6. The van der Waals surface area contributed by atoms with Gasteiger partial charge in [0.1, 0.15) is 23.7 Å². The van der Waals surface area contributed by atoms with Crippen molar-refractivity contribution in [3.63, 3.8) is 0 Å². The number of halogens is 2. The second-order valence-corrected chi connectivity index (χ2v) is 7.28. The molecule has 32 heavy (non-hydrogen) atoms. The van der Waals surface area contributed by atoms with Crippen molar-refractivity contribution >= 4 is 41.2 Å². The van der Waals surface area contributed by atoms with Crippen molar-refractivity contribution in [2.45, 2.75) is 6.61 Å². The highest BCUT2D eigenvalue weighted by Crippen LogP contribution is 2.29. The second kappa shape index (κ2) is 9.03. The third-order valence-electron chi connectivity index (χ3n) is 4.70. The number of rotatable bonds is 5. The zero-order chi connectivity index (χ0) is 22.7. The van der Waals surface area contributed by atoms with E-state index in [-0.39, 0.29) is 16.3 Å². The molecule has 1 saturated heterocycles. The fourth-order valence-electron chi connectivity index (χ4n) is 3.14. The summed E-state index contributed by atoms with van der Waals surface area (Å²) < 4.78 is 19.9. The van der Waals surface area contributed by atoms with Gasteiger partial charge in [0.25, 0.3) is 11.8 Å². The van der Waals surface area contributed by atoms with Gasteiger partial charge in [-0.1, -0.05) is 60.1 Å². The summed E-state index contributed by atoms with van der Waals surface area (Å²) in [5, 5.41) is 2.33. The third-order valence-corrected chi connectivity index (χ3v) is 4.99. The molecule has 1 N–H and O–H groups in total. The van der Waals surface area contributed by atoms with Crippen molar-refractivity contribution in [2.24, 2.45) is 0 Å². The Balaban J connectivity index is 1.58. The molecular formula is C24H16ClFN2O4. The number of benzene rings is 3. The lowest BCUT2D eigenvalue weighted by atomic mass is 10.1. The summed E-state index contributed by atoms with van der Waals surface area (Å²) in [7, 11) is 0. The van der Waals surface area contributed by atoms with Gasteiger partial charge < -0.3 is 4.74 Å². The molecular weight excluding hydrogens is 435 g/mol. The van der Waals surface area contributed by atoms with Crippen LogP contribution in [0.2, 0.25) is 5.02 Å². The maximum atomic E-state index is 14.2. The van der Waals surface area contributed by atoms with Gasteiger partial charge in [-0.3, -0.25) is 14.9 Å². The molecule has 0 atom stereocenters. The number of anilines is 1. The summed E-state index contributed by atoms with van der Waals surface area (Å²) in [6.45, 7) is 0.321. The predicted molar refractivity (Wildman–Crippen MR) is 118 cm³/mol. The first-order valence-electron chi connectivity index (χ1n) is 9.56. The quantitative estimate of drug-likeness (QED) is 0.450. The molecule has 0 aliphatic carbocycles. The van der Waals surface area contributed by atoms with Crippen LogP contribution < -0.4 is 15.0 Å². The third kappa shape index (κ3) is 4.38. The molecule has 0 bridgehead atoms. The van der Waals surface area contributed by atoms with E-state index >= 15 is 0 Å². The van der Waals surface area contributed by atoms with E-state index in [0.29, 0.717) is 22.8 Å². The molecule has 1 heterocycles. The number of carbonyl (C=O) groups is 3. The Morgan fingerprint density at radius 2 is 1.69 bits per heavy atom. The summed E-state index contributed by atoms with van der Waals surface area (Å²) in [4.78, 5) is 37.9. The maximum absolute atomic E-state index is 14.2. The van der Waals surface area contributed by atoms with Crippen LogP contribution >= 0.6 is 11.6 Å². The molecule has 0 aromatic heterocycles. The molecule has 8 heteroatoms. The minimum atomic E-state index is -1.02. The van der Waals surface area contributed by atoms with Crippen molar-refractivity contribution < 1.29 is 23.5 Å². The van der Waals surface area contributed by atoms with Crippen molar-refractivity contribution in [3.05, 3.63) is 100 Å². The lowest BCUT2D eigenvalue weighted by Crippen LogP contribution is -2.54. The van der Waals surface area contributed by atoms with Crippen LogP contribution in [0.1, 0.15) is 11.1 Å². The number of urea groups is 1. The van der Waals surface area contributed by atoms with Gasteiger partial charge in [0, 0.05) is 0 Å². The first-order chi connectivity index (χ1) is 15.4. The summed E-state index contributed by atoms with van der Waals surface area (Å²) in [5.41, 5.74) is 0.818. The van der Waals surface area contributed by atoms with Crippen LogP contribution in [0.25, 0.3) is 6.08 Å². The molecule has 3 aromatic carbocycles. The number of barbiturate groups is 1. The van der Waals surface area contributed by atoms with Crippen LogP contribution in [-0.4, -0.2) is 17.8 Å². The molecule has 160 valence electrons. The molecule has 4 rings (SSSR count). The van der Waals surface area contributed by atoms with Crippen molar-refractivity contribution in [2.75, 3.05) is 4.90 Å². The van der Waals surface area contributed by atoms with Gasteiger partial charge in [-0.25, -0.2) is 14.1 Å². The van der Waals surface area contributed by atoms with Gasteiger partial charge >= 0.3 is 6.03 Å². The van der Waals surface area contributed by atoms with E-state index < -0.39 is 23.7 Å². The van der Waals surface area contributed by atoms with Crippen LogP contribution in [0.15, 0.2) is 78.4 Å². The van der Waals surface area contributed by atoms with Gasteiger partial charge in [0.15, 0.2) is 0 Å². The molecule has 6 nitrogen and oxygen atoms in total. The minimum absolute atomic E-state index is 0.254. The topological polar surface area (TPSA) is 75.7 Å². The highest BCUT2D eigenvalue weighted by Gasteiger charge is 2.37. The Labute approximate surface area is 187 Å². The fraction of sp³-hybridized carbons (Fsp3) is 0.0417. The van der Waals surface area contributed by atoms with Gasteiger partial charge in [-0.05, 0) is 41.5 Å². The fourth-order valence-corrected chi connectivity index (χ4v) is 3.38. The number of para-hydroxylation sites is 1. The molecule has 0 spiro atoms. The van der Waals surface area contributed by atoms with Crippen LogP contribution in [0.3, 0.4) is 0 Å². The number of hydrogen-bond donors (Lipinski definition) is 1. The second-order valence-electron chi connectivity index (χ2n) is 6.87. The summed E-state index contributed by atoms with van der Waals surface area (Å²) in [6.07, 6.45) is 1.28. The van der Waals surface area contributed by atoms with E-state index in [1.807, 2.05) is 30.3 Å². The van der Waals surface area contributed by atoms with E-state index in [9.17, 15) is 18.8 Å². The molecule has 0 radical (unpaired) electrons. The number of amides is 4. The summed E-state index contributed by atoms with van der Waals surface area (Å²) in [5.74, 6) is -2.16. The number of ether oxygens (including phenoxy) is 1. The summed E-state index contributed by atoms with van der Waals surface area (Å²) >= 11 is 6.30. The van der Waals surface area contributed by atoms with Gasteiger partial charge in [0.2, 0.25) is 0 Å².